The molecule has 0 aliphatic rings. The van der Waals surface area contributed by atoms with Crippen molar-refractivity contribution in [1.29, 1.82) is 0 Å². The van der Waals surface area contributed by atoms with Crippen molar-refractivity contribution in [2.75, 3.05) is 13.7 Å². The Bertz CT molecular complexity index is 583. The van der Waals surface area contributed by atoms with Crippen molar-refractivity contribution in [2.24, 2.45) is 0 Å². The van der Waals surface area contributed by atoms with Crippen LogP contribution in [0.15, 0.2) is 42.5 Å². The molecule has 106 valence electrons. The fraction of sp³-hybridized carbons (Fsp3) is 0.294. The summed E-state index contributed by atoms with van der Waals surface area (Å²) < 4.78 is 19.7. The highest BCUT2D eigenvalue weighted by Gasteiger charge is 2.19. The predicted octanol–water partition coefficient (Wildman–Crippen LogP) is 3.84. The smallest absolute Gasteiger partial charge is 0.128 e. The molecule has 1 atom stereocenters. The number of aryl methyl sites for hydroxylation is 1. The van der Waals surface area contributed by atoms with E-state index in [1.807, 2.05) is 45.2 Å². The summed E-state index contributed by atoms with van der Waals surface area (Å²) >= 11 is 0. The molecule has 2 aromatic carbocycles. The molecule has 0 fully saturated rings. The van der Waals surface area contributed by atoms with Crippen molar-refractivity contribution in [3.05, 3.63) is 65.0 Å². The zero-order valence-electron chi connectivity index (χ0n) is 12.1. The van der Waals surface area contributed by atoms with E-state index in [4.69, 9.17) is 4.74 Å². The van der Waals surface area contributed by atoms with Crippen LogP contribution in [0, 0.1) is 12.7 Å². The van der Waals surface area contributed by atoms with Crippen LogP contribution in [0.4, 0.5) is 4.39 Å². The number of ether oxygens (including phenoxy) is 1. The molecule has 2 rings (SSSR count). The van der Waals surface area contributed by atoms with E-state index in [1.54, 1.807) is 12.1 Å². The van der Waals surface area contributed by atoms with Gasteiger partial charge in [-0.3, -0.25) is 0 Å². The van der Waals surface area contributed by atoms with Crippen molar-refractivity contribution >= 4 is 0 Å². The third-order valence-corrected chi connectivity index (χ3v) is 3.28. The first-order valence-electron chi connectivity index (χ1n) is 6.82. The Morgan fingerprint density at radius 3 is 2.55 bits per heavy atom. The molecular weight excluding hydrogens is 253 g/mol. The number of halogens is 1. The molecule has 0 spiro atoms. The Morgan fingerprint density at radius 1 is 1.15 bits per heavy atom. The molecule has 0 amide bonds. The Labute approximate surface area is 119 Å². The summed E-state index contributed by atoms with van der Waals surface area (Å²) in [5, 5.41) is 3.18. The van der Waals surface area contributed by atoms with Crippen LogP contribution in [-0.4, -0.2) is 13.7 Å². The van der Waals surface area contributed by atoms with Crippen LogP contribution in [0.5, 0.6) is 5.75 Å². The van der Waals surface area contributed by atoms with Gasteiger partial charge in [-0.05, 0) is 33.0 Å². The summed E-state index contributed by atoms with van der Waals surface area (Å²) in [7, 11) is 1.83. The maximum absolute atomic E-state index is 14.0. The molecule has 3 heteroatoms. The van der Waals surface area contributed by atoms with Gasteiger partial charge in [-0.1, -0.05) is 35.9 Å². The first-order valence-corrected chi connectivity index (χ1v) is 6.82. The Balaban J connectivity index is 2.51. The summed E-state index contributed by atoms with van der Waals surface area (Å²) in [4.78, 5) is 0. The quantitative estimate of drug-likeness (QED) is 0.893. The minimum Gasteiger partial charge on any atom is -0.494 e. The van der Waals surface area contributed by atoms with E-state index in [0.717, 1.165) is 16.9 Å². The van der Waals surface area contributed by atoms with Gasteiger partial charge in [-0.2, -0.15) is 0 Å². The highest BCUT2D eigenvalue weighted by Crippen LogP contribution is 2.32. The molecular formula is C17H20FNO. The Hall–Kier alpha value is -1.87. The lowest BCUT2D eigenvalue weighted by Gasteiger charge is -2.21. The molecule has 0 aliphatic heterocycles. The molecule has 0 radical (unpaired) electrons. The van der Waals surface area contributed by atoms with Gasteiger partial charge in [0.2, 0.25) is 0 Å². The first-order chi connectivity index (χ1) is 9.67. The van der Waals surface area contributed by atoms with Crippen molar-refractivity contribution in [3.8, 4) is 5.75 Å². The van der Waals surface area contributed by atoms with Crippen LogP contribution in [0.25, 0.3) is 0 Å². The van der Waals surface area contributed by atoms with Gasteiger partial charge in [0.25, 0.3) is 0 Å². The van der Waals surface area contributed by atoms with E-state index >= 15 is 0 Å². The molecule has 0 aliphatic carbocycles. The normalized spacial score (nSPS) is 12.2. The van der Waals surface area contributed by atoms with Crippen molar-refractivity contribution in [2.45, 2.75) is 19.9 Å². The average Bonchev–Trinajstić information content (AvgIpc) is 2.44. The minimum absolute atomic E-state index is 0.212. The number of hydrogen-bond acceptors (Lipinski definition) is 2. The van der Waals surface area contributed by atoms with E-state index < -0.39 is 0 Å². The van der Waals surface area contributed by atoms with Crippen molar-refractivity contribution < 1.29 is 9.13 Å². The molecule has 0 heterocycles. The highest BCUT2D eigenvalue weighted by atomic mass is 19.1. The maximum atomic E-state index is 14.0. The number of benzene rings is 2. The van der Waals surface area contributed by atoms with E-state index in [1.165, 1.54) is 6.07 Å². The van der Waals surface area contributed by atoms with Gasteiger partial charge in [0, 0.05) is 11.1 Å². The molecule has 1 N–H and O–H groups in total. The van der Waals surface area contributed by atoms with E-state index in [-0.39, 0.29) is 11.9 Å². The van der Waals surface area contributed by atoms with Crippen LogP contribution in [-0.2, 0) is 0 Å². The lowest BCUT2D eigenvalue weighted by molar-refractivity contribution is 0.333. The Kier molecular flexibility index (Phi) is 4.74. The van der Waals surface area contributed by atoms with Gasteiger partial charge in [0.05, 0.1) is 12.6 Å². The van der Waals surface area contributed by atoms with E-state index in [9.17, 15) is 4.39 Å². The topological polar surface area (TPSA) is 21.3 Å². The van der Waals surface area contributed by atoms with Gasteiger partial charge in [-0.25, -0.2) is 4.39 Å². The minimum atomic E-state index is -0.224. The SMILES string of the molecule is CCOc1ccc(C)cc1C(NC)c1ccccc1F. The summed E-state index contributed by atoms with van der Waals surface area (Å²) in [5.74, 6) is 0.580. The largest absolute Gasteiger partial charge is 0.494 e. The molecule has 20 heavy (non-hydrogen) atoms. The number of rotatable bonds is 5. The maximum Gasteiger partial charge on any atom is 0.128 e. The standard InChI is InChI=1S/C17H20FNO/c1-4-20-16-10-9-12(2)11-14(16)17(19-3)13-7-5-6-8-15(13)18/h5-11,17,19H,4H2,1-3H3. The molecule has 1 unspecified atom stereocenters. The van der Waals surface area contributed by atoms with E-state index in [2.05, 4.69) is 5.32 Å². The third-order valence-electron chi connectivity index (χ3n) is 3.28. The van der Waals surface area contributed by atoms with Gasteiger partial charge in [-0.15, -0.1) is 0 Å². The molecule has 0 saturated heterocycles. The van der Waals surface area contributed by atoms with Gasteiger partial charge >= 0.3 is 0 Å². The molecule has 2 aromatic rings. The second kappa shape index (κ2) is 6.53. The van der Waals surface area contributed by atoms with Gasteiger partial charge < -0.3 is 10.1 Å². The number of nitrogens with one attached hydrogen (secondary N) is 1. The van der Waals surface area contributed by atoms with Crippen LogP contribution in [0.1, 0.15) is 29.7 Å². The summed E-state index contributed by atoms with van der Waals surface area (Å²) in [5.41, 5.74) is 2.71. The molecule has 0 bridgehead atoms. The molecule has 0 saturated carbocycles. The third kappa shape index (κ3) is 2.99. The van der Waals surface area contributed by atoms with Gasteiger partial charge in [0.1, 0.15) is 11.6 Å². The lowest BCUT2D eigenvalue weighted by atomic mass is 9.96. The van der Waals surface area contributed by atoms with Crippen molar-refractivity contribution in [1.82, 2.24) is 5.32 Å². The summed E-state index contributed by atoms with van der Waals surface area (Å²) in [6, 6.07) is 12.6. The Morgan fingerprint density at radius 2 is 1.90 bits per heavy atom. The first kappa shape index (κ1) is 14.5. The van der Waals surface area contributed by atoms with Crippen LogP contribution in [0.3, 0.4) is 0 Å². The van der Waals surface area contributed by atoms with E-state index in [0.29, 0.717) is 12.2 Å². The zero-order chi connectivity index (χ0) is 14.5. The second-order valence-electron chi connectivity index (χ2n) is 4.72. The summed E-state index contributed by atoms with van der Waals surface area (Å²) in [6.45, 7) is 4.55. The molecule has 2 nitrogen and oxygen atoms in total. The predicted molar refractivity (Wildman–Crippen MR) is 79.7 cm³/mol. The van der Waals surface area contributed by atoms with Gasteiger partial charge in [0.15, 0.2) is 0 Å². The van der Waals surface area contributed by atoms with Crippen LogP contribution < -0.4 is 10.1 Å². The molecule has 0 aromatic heterocycles. The second-order valence-corrected chi connectivity index (χ2v) is 4.72. The zero-order valence-corrected chi connectivity index (χ0v) is 12.1. The monoisotopic (exact) mass is 273 g/mol. The highest BCUT2D eigenvalue weighted by molar-refractivity contribution is 5.44. The van der Waals surface area contributed by atoms with Crippen LogP contribution in [0.2, 0.25) is 0 Å². The summed E-state index contributed by atoms with van der Waals surface area (Å²) in [6.07, 6.45) is 0. The fourth-order valence-corrected chi connectivity index (χ4v) is 2.37. The average molecular weight is 273 g/mol. The fourth-order valence-electron chi connectivity index (χ4n) is 2.37. The van der Waals surface area contributed by atoms with Crippen LogP contribution >= 0.6 is 0 Å². The van der Waals surface area contributed by atoms with Crippen molar-refractivity contribution in [3.63, 3.8) is 0 Å². The number of hydrogen-bond donors (Lipinski definition) is 1. The lowest BCUT2D eigenvalue weighted by Crippen LogP contribution is -2.20.